The minimum absolute atomic E-state index is 0.236. The number of anilines is 2. The second kappa shape index (κ2) is 5.88. The lowest BCUT2D eigenvalue weighted by Crippen LogP contribution is -2.07. The fourth-order valence-electron chi connectivity index (χ4n) is 1.72. The predicted octanol–water partition coefficient (Wildman–Crippen LogP) is 3.71. The highest BCUT2D eigenvalue weighted by atomic mass is 35.5. The molecule has 0 unspecified atom stereocenters. The maximum absolute atomic E-state index is 13.1. The second-order valence-electron chi connectivity index (χ2n) is 4.13. The molecule has 2 aromatic rings. The summed E-state index contributed by atoms with van der Waals surface area (Å²) in [7, 11) is 1.28. The Hall–Kier alpha value is -2.14. The van der Waals surface area contributed by atoms with Crippen molar-refractivity contribution >= 4 is 28.9 Å². The molecule has 0 saturated heterocycles. The molecule has 4 nitrogen and oxygen atoms in total. The van der Waals surface area contributed by atoms with Crippen LogP contribution in [0.4, 0.5) is 15.8 Å². The van der Waals surface area contributed by atoms with Crippen LogP contribution in [0.25, 0.3) is 0 Å². The first-order valence-corrected chi connectivity index (χ1v) is 6.16. The van der Waals surface area contributed by atoms with Crippen LogP contribution in [-0.4, -0.2) is 18.1 Å². The molecule has 0 aliphatic carbocycles. The van der Waals surface area contributed by atoms with E-state index < -0.39 is 5.97 Å². The predicted molar refractivity (Wildman–Crippen MR) is 75.0 cm³/mol. The highest BCUT2D eigenvalue weighted by Crippen LogP contribution is 2.26. The molecule has 0 aliphatic rings. The van der Waals surface area contributed by atoms with E-state index in [-0.39, 0.29) is 16.5 Å². The summed E-state index contributed by atoms with van der Waals surface area (Å²) in [5, 5.41) is 3.27. The van der Waals surface area contributed by atoms with Gasteiger partial charge in [-0.05, 0) is 36.8 Å². The molecule has 1 aromatic carbocycles. The molecule has 1 aromatic heterocycles. The Labute approximate surface area is 120 Å². The summed E-state index contributed by atoms with van der Waals surface area (Å²) in [6.07, 6.45) is 1.33. The first kappa shape index (κ1) is 14.3. The number of esters is 1. The summed E-state index contributed by atoms with van der Waals surface area (Å²) >= 11 is 5.83. The zero-order chi connectivity index (χ0) is 14.7. The van der Waals surface area contributed by atoms with Crippen LogP contribution < -0.4 is 5.32 Å². The van der Waals surface area contributed by atoms with E-state index in [0.717, 1.165) is 0 Å². The largest absolute Gasteiger partial charge is 0.465 e. The number of hydrogen-bond donors (Lipinski definition) is 1. The molecule has 1 heterocycles. The van der Waals surface area contributed by atoms with Gasteiger partial charge in [0.2, 0.25) is 0 Å². The number of rotatable bonds is 3. The van der Waals surface area contributed by atoms with Crippen molar-refractivity contribution in [2.75, 3.05) is 12.4 Å². The van der Waals surface area contributed by atoms with Crippen LogP contribution in [0.5, 0.6) is 0 Å². The number of nitrogens with one attached hydrogen (secondary N) is 1. The van der Waals surface area contributed by atoms with E-state index in [4.69, 9.17) is 11.6 Å². The lowest BCUT2D eigenvalue weighted by atomic mass is 10.1. The van der Waals surface area contributed by atoms with Gasteiger partial charge in [-0.15, -0.1) is 0 Å². The number of carbonyl (C=O) groups excluding carboxylic acids is 1. The van der Waals surface area contributed by atoms with Crippen molar-refractivity contribution in [3.05, 3.63) is 52.6 Å². The van der Waals surface area contributed by atoms with Gasteiger partial charge in [0.1, 0.15) is 16.5 Å². The SMILES string of the molecule is COC(=O)c1cnc(Cl)cc1Nc1ccc(F)cc1C. The van der Waals surface area contributed by atoms with Gasteiger partial charge in [-0.1, -0.05) is 11.6 Å². The van der Waals surface area contributed by atoms with Crippen LogP contribution in [0.3, 0.4) is 0 Å². The number of nitrogens with zero attached hydrogens (tertiary/aromatic N) is 1. The number of halogens is 2. The van der Waals surface area contributed by atoms with Gasteiger partial charge in [-0.2, -0.15) is 0 Å². The molecule has 104 valence electrons. The number of benzene rings is 1. The van der Waals surface area contributed by atoms with Crippen molar-refractivity contribution in [2.45, 2.75) is 6.92 Å². The minimum atomic E-state index is -0.531. The van der Waals surface area contributed by atoms with Gasteiger partial charge in [0.15, 0.2) is 0 Å². The Morgan fingerprint density at radius 1 is 1.35 bits per heavy atom. The summed E-state index contributed by atoms with van der Waals surface area (Å²) in [5.74, 6) is -0.856. The number of pyridine rings is 1. The van der Waals surface area contributed by atoms with Gasteiger partial charge in [0, 0.05) is 11.9 Å². The smallest absolute Gasteiger partial charge is 0.341 e. The Balaban J connectivity index is 2.41. The third kappa shape index (κ3) is 3.05. The number of ether oxygens (including phenoxy) is 1. The van der Waals surface area contributed by atoms with Crippen molar-refractivity contribution < 1.29 is 13.9 Å². The van der Waals surface area contributed by atoms with Gasteiger partial charge in [0.05, 0.1) is 12.8 Å². The van der Waals surface area contributed by atoms with Gasteiger partial charge in [-0.3, -0.25) is 0 Å². The van der Waals surface area contributed by atoms with Crippen LogP contribution in [0.2, 0.25) is 5.15 Å². The summed E-state index contributed by atoms with van der Waals surface area (Å²) in [6, 6.07) is 5.82. The molecule has 2 rings (SSSR count). The van der Waals surface area contributed by atoms with E-state index in [2.05, 4.69) is 15.0 Å². The molecule has 6 heteroatoms. The average molecular weight is 295 g/mol. The van der Waals surface area contributed by atoms with Crippen molar-refractivity contribution in [1.82, 2.24) is 4.98 Å². The van der Waals surface area contributed by atoms with E-state index >= 15 is 0 Å². The van der Waals surface area contributed by atoms with Crippen molar-refractivity contribution in [2.24, 2.45) is 0 Å². The molecule has 0 amide bonds. The Bertz CT molecular complexity index is 662. The zero-order valence-corrected chi connectivity index (χ0v) is 11.7. The Morgan fingerprint density at radius 3 is 2.75 bits per heavy atom. The molecule has 0 aliphatic heterocycles. The Kier molecular flexibility index (Phi) is 4.20. The third-order valence-electron chi connectivity index (χ3n) is 2.73. The van der Waals surface area contributed by atoms with Crippen LogP contribution in [0.15, 0.2) is 30.5 Å². The molecular weight excluding hydrogens is 283 g/mol. The van der Waals surface area contributed by atoms with Gasteiger partial charge < -0.3 is 10.1 Å². The van der Waals surface area contributed by atoms with E-state index in [0.29, 0.717) is 16.9 Å². The first-order chi connectivity index (χ1) is 9.51. The Morgan fingerprint density at radius 2 is 2.10 bits per heavy atom. The second-order valence-corrected chi connectivity index (χ2v) is 4.52. The third-order valence-corrected chi connectivity index (χ3v) is 2.94. The average Bonchev–Trinajstić information content (AvgIpc) is 2.41. The van der Waals surface area contributed by atoms with Crippen molar-refractivity contribution in [1.29, 1.82) is 0 Å². The van der Waals surface area contributed by atoms with Crippen LogP contribution in [-0.2, 0) is 4.74 Å². The van der Waals surface area contributed by atoms with Crippen LogP contribution in [0.1, 0.15) is 15.9 Å². The van der Waals surface area contributed by atoms with Gasteiger partial charge in [0.25, 0.3) is 0 Å². The van der Waals surface area contributed by atoms with Crippen LogP contribution >= 0.6 is 11.6 Å². The van der Waals surface area contributed by atoms with Gasteiger partial charge >= 0.3 is 5.97 Å². The van der Waals surface area contributed by atoms with E-state index in [1.165, 1.54) is 31.5 Å². The zero-order valence-electron chi connectivity index (χ0n) is 10.9. The molecule has 0 bridgehead atoms. The monoisotopic (exact) mass is 294 g/mol. The number of hydrogen-bond acceptors (Lipinski definition) is 4. The molecule has 0 radical (unpaired) electrons. The lowest BCUT2D eigenvalue weighted by Gasteiger charge is -2.12. The molecule has 0 saturated carbocycles. The van der Waals surface area contributed by atoms with Crippen LogP contribution in [0, 0.1) is 12.7 Å². The topological polar surface area (TPSA) is 51.2 Å². The molecule has 20 heavy (non-hydrogen) atoms. The maximum atomic E-state index is 13.1. The number of carbonyl (C=O) groups is 1. The maximum Gasteiger partial charge on any atom is 0.341 e. The normalized spacial score (nSPS) is 10.2. The summed E-state index contributed by atoms with van der Waals surface area (Å²) in [6.45, 7) is 1.76. The van der Waals surface area contributed by atoms with Crippen molar-refractivity contribution in [3.8, 4) is 0 Å². The summed E-state index contributed by atoms with van der Waals surface area (Å²) < 4.78 is 17.8. The molecule has 0 fully saturated rings. The van der Waals surface area contributed by atoms with Crippen molar-refractivity contribution in [3.63, 3.8) is 0 Å². The standard InChI is InChI=1S/C14H12ClFN2O2/c1-8-5-9(16)3-4-11(8)18-12-6-13(15)17-7-10(12)14(19)20-2/h3-7H,1-2H3,(H,17,18). The fraction of sp³-hybridized carbons (Fsp3) is 0.143. The minimum Gasteiger partial charge on any atom is -0.465 e. The molecule has 0 atom stereocenters. The van der Waals surface area contributed by atoms with E-state index in [1.807, 2.05) is 0 Å². The molecule has 1 N–H and O–H groups in total. The highest BCUT2D eigenvalue weighted by molar-refractivity contribution is 6.29. The summed E-state index contributed by atoms with van der Waals surface area (Å²) in [4.78, 5) is 15.5. The molecule has 0 spiro atoms. The number of aryl methyl sites for hydroxylation is 1. The highest BCUT2D eigenvalue weighted by Gasteiger charge is 2.14. The molecular formula is C14H12ClFN2O2. The first-order valence-electron chi connectivity index (χ1n) is 5.78. The lowest BCUT2D eigenvalue weighted by molar-refractivity contribution is 0.0601. The summed E-state index contributed by atoms with van der Waals surface area (Å²) in [5.41, 5.74) is 2.07. The van der Waals surface area contributed by atoms with E-state index in [1.54, 1.807) is 13.0 Å². The quantitative estimate of drug-likeness (QED) is 0.692. The fourth-order valence-corrected chi connectivity index (χ4v) is 1.88. The van der Waals surface area contributed by atoms with E-state index in [9.17, 15) is 9.18 Å². The number of methoxy groups -OCH3 is 1. The van der Waals surface area contributed by atoms with Gasteiger partial charge in [-0.25, -0.2) is 14.2 Å². The number of aromatic nitrogens is 1.